The van der Waals surface area contributed by atoms with Gasteiger partial charge < -0.3 is 24.8 Å². The van der Waals surface area contributed by atoms with E-state index in [4.69, 9.17) is 9.47 Å². The molecule has 0 aromatic rings. The van der Waals surface area contributed by atoms with Crippen molar-refractivity contribution in [2.24, 2.45) is 40.4 Å². The van der Waals surface area contributed by atoms with E-state index in [0.29, 0.717) is 37.2 Å². The topological polar surface area (TPSA) is 130 Å². The number of carbonyl (C=O) groups is 3. The molecule has 40 heavy (non-hydrogen) atoms. The molecule has 228 valence electrons. The molecule has 0 saturated heterocycles. The van der Waals surface area contributed by atoms with Gasteiger partial charge in [-0.25, -0.2) is 0 Å². The fourth-order valence-corrected chi connectivity index (χ4v) is 8.12. The van der Waals surface area contributed by atoms with Crippen LogP contribution < -0.4 is 0 Å². The number of hydrogen-bond acceptors (Lipinski definition) is 8. The van der Waals surface area contributed by atoms with Gasteiger partial charge in [0.2, 0.25) is 0 Å². The lowest BCUT2D eigenvalue weighted by Crippen LogP contribution is -2.65. The highest BCUT2D eigenvalue weighted by molar-refractivity contribution is 6.02. The number of hydrogen-bond donors (Lipinski definition) is 3. The van der Waals surface area contributed by atoms with E-state index in [1.807, 2.05) is 0 Å². The van der Waals surface area contributed by atoms with Crippen molar-refractivity contribution in [1.82, 2.24) is 0 Å². The van der Waals surface area contributed by atoms with Crippen LogP contribution in [0.15, 0.2) is 11.6 Å². The molecule has 3 N–H and O–H groups in total. The average Bonchev–Trinajstić information content (AvgIpc) is 3.18. The van der Waals surface area contributed by atoms with Crippen LogP contribution in [0.2, 0.25) is 0 Å². The Hall–Kier alpha value is -1.77. The van der Waals surface area contributed by atoms with E-state index in [-0.39, 0.29) is 60.5 Å². The molecule has 8 nitrogen and oxygen atoms in total. The van der Waals surface area contributed by atoms with Crippen LogP contribution in [-0.4, -0.2) is 63.6 Å². The smallest absolute Gasteiger partial charge is 0.302 e. The summed E-state index contributed by atoms with van der Waals surface area (Å²) >= 11 is 0. The maximum absolute atomic E-state index is 14.2. The van der Waals surface area contributed by atoms with E-state index in [2.05, 4.69) is 34.6 Å². The van der Waals surface area contributed by atoms with Gasteiger partial charge in [-0.15, -0.1) is 0 Å². The molecule has 0 aliphatic heterocycles. The van der Waals surface area contributed by atoms with Crippen LogP contribution in [0, 0.1) is 40.4 Å². The van der Waals surface area contributed by atoms with Crippen LogP contribution in [0.25, 0.3) is 0 Å². The molecule has 3 aliphatic rings. The first-order chi connectivity index (χ1) is 18.5. The number of allylic oxidation sites excluding steroid dienone is 1. The van der Waals surface area contributed by atoms with Crippen LogP contribution >= 0.6 is 0 Å². The van der Waals surface area contributed by atoms with Crippen LogP contribution in [0.3, 0.4) is 0 Å². The Balaban J connectivity index is 1.97. The molecule has 0 amide bonds. The summed E-state index contributed by atoms with van der Waals surface area (Å²) in [5, 5.41) is 32.9. The van der Waals surface area contributed by atoms with Gasteiger partial charge in [0, 0.05) is 20.3 Å². The second-order valence-electron chi connectivity index (χ2n) is 13.8. The second-order valence-corrected chi connectivity index (χ2v) is 13.8. The lowest BCUT2D eigenvalue weighted by molar-refractivity contribution is -0.191. The quantitative estimate of drug-likeness (QED) is 0.334. The summed E-state index contributed by atoms with van der Waals surface area (Å²) in [4.78, 5) is 37.8. The zero-order chi connectivity index (χ0) is 30.2. The minimum absolute atomic E-state index is 0.0419. The summed E-state index contributed by atoms with van der Waals surface area (Å²) in [6, 6.07) is 0. The lowest BCUT2D eigenvalue weighted by Gasteiger charge is -2.54. The highest BCUT2D eigenvalue weighted by Crippen LogP contribution is 2.60. The molecule has 0 radical (unpaired) electrons. The molecule has 0 aromatic carbocycles. The monoisotopic (exact) mass is 564 g/mol. The third kappa shape index (κ3) is 6.05. The number of Topliss-reactive ketones (excluding diaryl/α,β-unsaturated/α-hetero) is 1. The Labute approximate surface area is 239 Å². The van der Waals surface area contributed by atoms with Gasteiger partial charge in [0.1, 0.15) is 17.8 Å². The number of ketones is 1. The first kappa shape index (κ1) is 32.7. The molecule has 0 spiro atoms. The molecule has 2 unspecified atom stereocenters. The summed E-state index contributed by atoms with van der Waals surface area (Å²) in [5.74, 6) is -0.188. The number of fused-ring (bicyclic) bond motifs is 1. The third-order valence-electron chi connectivity index (χ3n) is 11.0. The third-order valence-corrected chi connectivity index (χ3v) is 11.0. The normalized spacial score (nSPS) is 38.3. The molecule has 0 heterocycles. The minimum Gasteiger partial charge on any atom is -0.466 e. The Morgan fingerprint density at radius 2 is 1.70 bits per heavy atom. The van der Waals surface area contributed by atoms with E-state index in [9.17, 15) is 29.7 Å². The van der Waals surface area contributed by atoms with E-state index >= 15 is 0 Å². The standard InChI is InChI=1S/C32H52O8/c1-18(2)20(4)27(40-22(6)34)15-19(3)25-9-10-26(30(25,7)13-14-39-21(5)33)24-16-28(36)32(38)17-23(35)11-12-31(32,8)29(24)37/h16,18-20,23,25-28,35-36,38H,9-15,17H2,1-8H3/t19-,20?,23+,25-,26+,27?,28-,30-,31-,32+/m1/s1. The number of aliphatic hydroxyl groups excluding tert-OH is 2. The predicted octanol–water partition coefficient (Wildman–Crippen LogP) is 4.37. The Bertz CT molecular complexity index is 989. The van der Waals surface area contributed by atoms with Gasteiger partial charge in [-0.1, -0.05) is 34.6 Å². The number of rotatable bonds is 10. The molecule has 0 bridgehead atoms. The zero-order valence-electron chi connectivity index (χ0n) is 25.7. The number of aliphatic hydroxyl groups is 3. The van der Waals surface area contributed by atoms with Crippen molar-refractivity contribution in [1.29, 1.82) is 0 Å². The van der Waals surface area contributed by atoms with E-state index in [1.165, 1.54) is 19.9 Å². The summed E-state index contributed by atoms with van der Waals surface area (Å²) < 4.78 is 11.2. The molecule has 2 fully saturated rings. The summed E-state index contributed by atoms with van der Waals surface area (Å²) in [6.45, 7) is 15.5. The molecule has 10 atom stereocenters. The number of carbonyl (C=O) groups excluding carboxylic acids is 3. The van der Waals surface area contributed by atoms with E-state index in [1.54, 1.807) is 6.92 Å². The molecular weight excluding hydrogens is 512 g/mol. The van der Waals surface area contributed by atoms with Crippen LogP contribution in [0.1, 0.15) is 100 Å². The number of esters is 2. The van der Waals surface area contributed by atoms with Gasteiger partial charge in [0.25, 0.3) is 0 Å². The van der Waals surface area contributed by atoms with Crippen molar-refractivity contribution < 1.29 is 39.2 Å². The first-order valence-electron chi connectivity index (χ1n) is 15.1. The molecule has 8 heteroatoms. The SMILES string of the molecule is CC(=O)OCC[C@]1(C)[C@@H]([C@H](C)CC(OC(C)=O)C(C)C(C)C)CC[C@H]1C1=C[C@@H](O)[C@@]2(O)C[C@@H](O)CC[C@]2(C)C1=O. The van der Waals surface area contributed by atoms with Gasteiger partial charge in [-0.2, -0.15) is 0 Å². The molecule has 3 rings (SSSR count). The molecule has 2 saturated carbocycles. The summed E-state index contributed by atoms with van der Waals surface area (Å²) in [6.07, 6.45) is 2.71. The lowest BCUT2D eigenvalue weighted by atomic mass is 9.53. The average molecular weight is 565 g/mol. The molecular formula is C32H52O8. The molecule has 3 aliphatic carbocycles. The highest BCUT2D eigenvalue weighted by Gasteiger charge is 2.63. The van der Waals surface area contributed by atoms with Crippen molar-refractivity contribution in [3.63, 3.8) is 0 Å². The second kappa shape index (κ2) is 12.2. The first-order valence-corrected chi connectivity index (χ1v) is 15.1. The zero-order valence-corrected chi connectivity index (χ0v) is 25.7. The highest BCUT2D eigenvalue weighted by atomic mass is 16.5. The fraction of sp³-hybridized carbons (Fsp3) is 0.844. The van der Waals surface area contributed by atoms with Crippen molar-refractivity contribution in [2.45, 2.75) is 124 Å². The van der Waals surface area contributed by atoms with Gasteiger partial charge in [-0.05, 0) is 92.1 Å². The fourth-order valence-electron chi connectivity index (χ4n) is 8.12. The van der Waals surface area contributed by atoms with Gasteiger partial charge in [-0.3, -0.25) is 14.4 Å². The van der Waals surface area contributed by atoms with E-state index in [0.717, 1.165) is 12.8 Å². The maximum atomic E-state index is 14.2. The maximum Gasteiger partial charge on any atom is 0.302 e. The Morgan fingerprint density at radius 3 is 2.27 bits per heavy atom. The van der Waals surface area contributed by atoms with Crippen LogP contribution in [-0.2, 0) is 23.9 Å². The van der Waals surface area contributed by atoms with Crippen molar-refractivity contribution in [3.05, 3.63) is 11.6 Å². The Kier molecular flexibility index (Phi) is 10.0. The van der Waals surface area contributed by atoms with Crippen LogP contribution in [0.5, 0.6) is 0 Å². The summed E-state index contributed by atoms with van der Waals surface area (Å²) in [5.41, 5.74) is -2.79. The minimum atomic E-state index is -1.71. The number of ether oxygens (including phenoxy) is 2. The predicted molar refractivity (Wildman–Crippen MR) is 151 cm³/mol. The van der Waals surface area contributed by atoms with Gasteiger partial charge in [0.15, 0.2) is 5.78 Å². The molecule has 0 aromatic heterocycles. The van der Waals surface area contributed by atoms with Crippen molar-refractivity contribution in [3.8, 4) is 0 Å². The van der Waals surface area contributed by atoms with Crippen LogP contribution in [0.4, 0.5) is 0 Å². The van der Waals surface area contributed by atoms with E-state index < -0.39 is 28.6 Å². The van der Waals surface area contributed by atoms with Crippen molar-refractivity contribution >= 4 is 17.7 Å². The van der Waals surface area contributed by atoms with Gasteiger partial charge in [0.05, 0.1) is 18.1 Å². The van der Waals surface area contributed by atoms with Gasteiger partial charge >= 0.3 is 11.9 Å². The summed E-state index contributed by atoms with van der Waals surface area (Å²) in [7, 11) is 0. The van der Waals surface area contributed by atoms with Crippen molar-refractivity contribution in [2.75, 3.05) is 6.61 Å². The largest absolute Gasteiger partial charge is 0.466 e. The Morgan fingerprint density at radius 1 is 1.05 bits per heavy atom.